The van der Waals surface area contributed by atoms with E-state index in [9.17, 15) is 0 Å². The van der Waals surface area contributed by atoms with Crippen LogP contribution in [0.2, 0.25) is 5.04 Å². The van der Waals surface area contributed by atoms with Crippen LogP contribution in [0.15, 0.2) is 0 Å². The standard InChI is InChI=1S/C7H17Si/c1-4-5-6-7(2,3)8/h4-6,8H2,1-3H3. The SMILES string of the molecule is CCCCC(C)(C)[SiH2]. The van der Waals surface area contributed by atoms with E-state index in [0.717, 1.165) is 0 Å². The topological polar surface area (TPSA) is 0 Å². The van der Waals surface area contributed by atoms with Crippen LogP contribution in [-0.4, -0.2) is 10.2 Å². The Morgan fingerprint density at radius 3 is 2.00 bits per heavy atom. The third kappa shape index (κ3) is 6.22. The van der Waals surface area contributed by atoms with Crippen LogP contribution in [-0.2, 0) is 0 Å². The summed E-state index contributed by atoms with van der Waals surface area (Å²) in [7, 11) is 2.10. The van der Waals surface area contributed by atoms with E-state index in [4.69, 9.17) is 0 Å². The van der Waals surface area contributed by atoms with Gasteiger partial charge < -0.3 is 0 Å². The number of unbranched alkanes of at least 4 members (excludes halogenated alkanes) is 1. The molecule has 0 spiro atoms. The zero-order valence-corrected chi connectivity index (χ0v) is 7.74. The molecule has 0 saturated carbocycles. The van der Waals surface area contributed by atoms with Gasteiger partial charge in [-0.05, 0) is 5.04 Å². The molecule has 0 rings (SSSR count). The van der Waals surface area contributed by atoms with E-state index >= 15 is 0 Å². The molecule has 1 heteroatoms. The van der Waals surface area contributed by atoms with E-state index in [-0.39, 0.29) is 0 Å². The van der Waals surface area contributed by atoms with Crippen LogP contribution >= 0.6 is 0 Å². The molecule has 0 unspecified atom stereocenters. The molecule has 0 saturated heterocycles. The summed E-state index contributed by atoms with van der Waals surface area (Å²) in [6, 6.07) is 0. The van der Waals surface area contributed by atoms with Crippen molar-refractivity contribution in [3.8, 4) is 0 Å². The maximum Gasteiger partial charge on any atom is 0.0156 e. The van der Waals surface area contributed by atoms with Crippen molar-refractivity contribution < 1.29 is 0 Å². The maximum atomic E-state index is 2.31. The van der Waals surface area contributed by atoms with Crippen molar-refractivity contribution in [1.29, 1.82) is 0 Å². The summed E-state index contributed by atoms with van der Waals surface area (Å²) in [4.78, 5) is 0. The van der Waals surface area contributed by atoms with Gasteiger partial charge in [0.05, 0.1) is 0 Å². The first-order valence-electron chi connectivity index (χ1n) is 3.41. The van der Waals surface area contributed by atoms with Gasteiger partial charge in [0.15, 0.2) is 0 Å². The molecule has 1 radical (unpaired) electrons. The van der Waals surface area contributed by atoms with E-state index in [1.165, 1.54) is 19.3 Å². The first-order chi connectivity index (χ1) is 3.56. The lowest BCUT2D eigenvalue weighted by Crippen LogP contribution is -2.00. The average molecular weight is 129 g/mol. The van der Waals surface area contributed by atoms with E-state index in [1.807, 2.05) is 0 Å². The fourth-order valence-corrected chi connectivity index (χ4v) is 0.905. The van der Waals surface area contributed by atoms with Crippen molar-refractivity contribution >= 4 is 10.2 Å². The predicted octanol–water partition coefficient (Wildman–Crippen LogP) is 2.01. The van der Waals surface area contributed by atoms with Gasteiger partial charge in [0.1, 0.15) is 0 Å². The van der Waals surface area contributed by atoms with Crippen LogP contribution in [0.5, 0.6) is 0 Å². The number of hydrogen-bond acceptors (Lipinski definition) is 0. The highest BCUT2D eigenvalue weighted by Crippen LogP contribution is 2.25. The van der Waals surface area contributed by atoms with Crippen LogP contribution in [0.3, 0.4) is 0 Å². The van der Waals surface area contributed by atoms with Crippen LogP contribution < -0.4 is 0 Å². The third-order valence-corrected chi connectivity index (χ3v) is 1.56. The third-order valence-electron chi connectivity index (χ3n) is 1.21. The Bertz CT molecular complexity index is 51.9. The summed E-state index contributed by atoms with van der Waals surface area (Å²) in [5, 5.41) is 0.579. The van der Waals surface area contributed by atoms with Crippen molar-refractivity contribution in [2.24, 2.45) is 0 Å². The Labute approximate surface area is 56.1 Å². The van der Waals surface area contributed by atoms with Crippen LogP contribution in [0.25, 0.3) is 0 Å². The molecule has 0 N–H and O–H groups in total. The molecular formula is C7H17Si. The fraction of sp³-hybridized carbons (Fsp3) is 1.00. The minimum absolute atomic E-state index is 0.579. The largest absolute Gasteiger partial charge is 0.0654 e. The van der Waals surface area contributed by atoms with Gasteiger partial charge in [-0.25, -0.2) is 0 Å². The highest BCUT2D eigenvalue weighted by atomic mass is 28.1. The Hall–Kier alpha value is 0.217. The quantitative estimate of drug-likeness (QED) is 0.511. The van der Waals surface area contributed by atoms with Crippen LogP contribution in [0.1, 0.15) is 40.0 Å². The summed E-state index contributed by atoms with van der Waals surface area (Å²) in [5.41, 5.74) is 0. The summed E-state index contributed by atoms with van der Waals surface area (Å²) in [6.45, 7) is 6.86. The van der Waals surface area contributed by atoms with Crippen molar-refractivity contribution in [3.05, 3.63) is 0 Å². The van der Waals surface area contributed by atoms with Crippen LogP contribution in [0.4, 0.5) is 0 Å². The summed E-state index contributed by atoms with van der Waals surface area (Å²) < 4.78 is 0. The molecule has 8 heavy (non-hydrogen) atoms. The lowest BCUT2D eigenvalue weighted by Gasteiger charge is -2.16. The molecule has 0 aromatic carbocycles. The second kappa shape index (κ2) is 3.28. The van der Waals surface area contributed by atoms with Gasteiger partial charge in [-0.1, -0.05) is 40.0 Å². The van der Waals surface area contributed by atoms with Crippen molar-refractivity contribution in [2.75, 3.05) is 0 Å². The van der Waals surface area contributed by atoms with Crippen molar-refractivity contribution in [2.45, 2.75) is 45.1 Å². The Kier molecular flexibility index (Phi) is 3.37. The summed E-state index contributed by atoms with van der Waals surface area (Å²) in [5.74, 6) is 0. The van der Waals surface area contributed by atoms with Gasteiger partial charge in [-0.2, -0.15) is 0 Å². The molecule has 0 bridgehead atoms. The molecule has 0 aromatic rings. The summed E-state index contributed by atoms with van der Waals surface area (Å²) in [6.07, 6.45) is 4.10. The lowest BCUT2D eigenvalue weighted by molar-refractivity contribution is 0.571. The van der Waals surface area contributed by atoms with E-state index in [1.54, 1.807) is 0 Å². The van der Waals surface area contributed by atoms with Crippen LogP contribution in [0, 0.1) is 0 Å². The van der Waals surface area contributed by atoms with Crippen molar-refractivity contribution in [1.82, 2.24) is 0 Å². The molecule has 0 fully saturated rings. The monoisotopic (exact) mass is 129 g/mol. The Morgan fingerprint density at radius 2 is 1.88 bits per heavy atom. The van der Waals surface area contributed by atoms with Crippen molar-refractivity contribution in [3.63, 3.8) is 0 Å². The van der Waals surface area contributed by atoms with Gasteiger partial charge >= 0.3 is 0 Å². The zero-order valence-electron chi connectivity index (χ0n) is 6.33. The fourth-order valence-electron chi connectivity index (χ4n) is 0.655. The molecule has 0 atom stereocenters. The second-order valence-electron chi connectivity index (χ2n) is 3.27. The normalized spacial score (nSPS) is 12.0. The van der Waals surface area contributed by atoms with Gasteiger partial charge in [0.25, 0.3) is 0 Å². The van der Waals surface area contributed by atoms with Gasteiger partial charge in [0.2, 0.25) is 0 Å². The van der Waals surface area contributed by atoms with Gasteiger partial charge in [-0.15, -0.1) is 0 Å². The molecule has 0 aliphatic rings. The molecule has 0 heterocycles. The summed E-state index contributed by atoms with van der Waals surface area (Å²) >= 11 is 0. The molecule has 0 amide bonds. The second-order valence-corrected chi connectivity index (χ2v) is 5.18. The Morgan fingerprint density at radius 1 is 1.38 bits per heavy atom. The van der Waals surface area contributed by atoms with Gasteiger partial charge in [0, 0.05) is 10.2 Å². The molecular weight excluding hydrogens is 112 g/mol. The first kappa shape index (κ1) is 8.22. The minimum atomic E-state index is 0.579. The average Bonchev–Trinajstić information content (AvgIpc) is 1.59. The molecule has 0 aliphatic carbocycles. The maximum absolute atomic E-state index is 2.31. The molecule has 0 nitrogen and oxygen atoms in total. The van der Waals surface area contributed by atoms with E-state index in [0.29, 0.717) is 5.04 Å². The first-order valence-corrected chi connectivity index (χ1v) is 4.12. The zero-order chi connectivity index (χ0) is 6.62. The van der Waals surface area contributed by atoms with E-state index < -0.39 is 0 Å². The number of hydrogen-bond donors (Lipinski definition) is 0. The smallest absolute Gasteiger partial charge is 0.0156 e. The Balaban J connectivity index is 3.11. The molecule has 0 aromatic heterocycles. The highest BCUT2D eigenvalue weighted by molar-refractivity contribution is 6.14. The highest BCUT2D eigenvalue weighted by Gasteiger charge is 2.07. The van der Waals surface area contributed by atoms with E-state index in [2.05, 4.69) is 31.0 Å². The van der Waals surface area contributed by atoms with Gasteiger partial charge in [-0.3, -0.25) is 0 Å². The molecule has 49 valence electrons. The predicted molar refractivity (Wildman–Crippen MR) is 42.1 cm³/mol. The number of rotatable bonds is 3. The lowest BCUT2D eigenvalue weighted by atomic mass is 10.1. The molecule has 0 aliphatic heterocycles. The minimum Gasteiger partial charge on any atom is -0.0654 e.